The van der Waals surface area contributed by atoms with Gasteiger partial charge in [-0.3, -0.25) is 0 Å². The summed E-state index contributed by atoms with van der Waals surface area (Å²) in [5, 5.41) is 0. The number of rotatable bonds is 6. The van der Waals surface area contributed by atoms with Gasteiger partial charge >= 0.3 is 0 Å². The summed E-state index contributed by atoms with van der Waals surface area (Å²) in [6, 6.07) is 15.5. The Morgan fingerprint density at radius 2 is 1.58 bits per heavy atom. The van der Waals surface area contributed by atoms with Crippen LogP contribution in [0.2, 0.25) is 0 Å². The first kappa shape index (κ1) is 13.3. The number of hydrogen-bond acceptors (Lipinski definition) is 3. The molecule has 0 unspecified atom stereocenters. The van der Waals surface area contributed by atoms with E-state index in [1.807, 2.05) is 48.5 Å². The molecular weight excluding hydrogens is 238 g/mol. The van der Waals surface area contributed by atoms with Gasteiger partial charge in [-0.25, -0.2) is 0 Å². The van der Waals surface area contributed by atoms with Crippen molar-refractivity contribution >= 4 is 5.69 Å². The molecule has 100 valence electrons. The lowest BCUT2D eigenvalue weighted by molar-refractivity contribution is 0.248. The summed E-state index contributed by atoms with van der Waals surface area (Å²) in [5.74, 6) is 1.63. The Hall–Kier alpha value is -2.16. The first-order valence-electron chi connectivity index (χ1n) is 6.42. The molecule has 3 nitrogen and oxygen atoms in total. The molecule has 0 saturated heterocycles. The molecule has 0 amide bonds. The zero-order chi connectivity index (χ0) is 13.5. The lowest BCUT2D eigenvalue weighted by atomic mass is 10.2. The average Bonchev–Trinajstić information content (AvgIpc) is 2.42. The number of benzene rings is 2. The Labute approximate surface area is 114 Å². The molecule has 0 bridgehead atoms. The number of para-hydroxylation sites is 2. The van der Waals surface area contributed by atoms with Crippen molar-refractivity contribution in [2.45, 2.75) is 13.3 Å². The molecule has 0 radical (unpaired) electrons. The minimum atomic E-state index is 0.597. The first-order chi connectivity index (χ1) is 9.25. The molecule has 2 aromatic carbocycles. The Bertz CT molecular complexity index is 508. The second-order valence-corrected chi connectivity index (χ2v) is 4.40. The van der Waals surface area contributed by atoms with Crippen LogP contribution in [0, 0.1) is 6.92 Å². The van der Waals surface area contributed by atoms with Gasteiger partial charge in [0.1, 0.15) is 11.5 Å². The van der Waals surface area contributed by atoms with Gasteiger partial charge in [0.2, 0.25) is 0 Å². The maximum atomic E-state index is 5.78. The van der Waals surface area contributed by atoms with Gasteiger partial charge in [-0.2, -0.15) is 0 Å². The summed E-state index contributed by atoms with van der Waals surface area (Å²) in [5.41, 5.74) is 7.68. The van der Waals surface area contributed by atoms with Crippen LogP contribution in [0.4, 0.5) is 5.69 Å². The molecule has 2 N–H and O–H groups in total. The summed E-state index contributed by atoms with van der Waals surface area (Å²) in [4.78, 5) is 0. The third kappa shape index (κ3) is 4.21. The molecule has 0 spiro atoms. The van der Waals surface area contributed by atoms with Crippen LogP contribution in [0.25, 0.3) is 0 Å². The molecule has 0 saturated carbocycles. The minimum Gasteiger partial charge on any atom is -0.493 e. The van der Waals surface area contributed by atoms with Crippen molar-refractivity contribution in [1.29, 1.82) is 0 Å². The quantitative estimate of drug-likeness (QED) is 0.637. The Balaban J connectivity index is 1.67. The molecule has 0 aliphatic carbocycles. The van der Waals surface area contributed by atoms with Crippen LogP contribution in [0.1, 0.15) is 12.0 Å². The van der Waals surface area contributed by atoms with Crippen LogP contribution >= 0.6 is 0 Å². The van der Waals surface area contributed by atoms with E-state index >= 15 is 0 Å². The van der Waals surface area contributed by atoms with Gasteiger partial charge in [-0.15, -0.1) is 0 Å². The van der Waals surface area contributed by atoms with Crippen LogP contribution < -0.4 is 15.2 Å². The van der Waals surface area contributed by atoms with Crippen LogP contribution in [-0.4, -0.2) is 13.2 Å². The monoisotopic (exact) mass is 257 g/mol. The highest BCUT2D eigenvalue weighted by Gasteiger charge is 1.98. The van der Waals surface area contributed by atoms with Gasteiger partial charge in [-0.05, 0) is 31.2 Å². The number of anilines is 1. The minimum absolute atomic E-state index is 0.597. The number of hydrogen-bond donors (Lipinski definition) is 1. The molecule has 0 heterocycles. The largest absolute Gasteiger partial charge is 0.493 e. The van der Waals surface area contributed by atoms with Crippen molar-refractivity contribution in [1.82, 2.24) is 0 Å². The van der Waals surface area contributed by atoms with Crippen molar-refractivity contribution in [2.75, 3.05) is 18.9 Å². The van der Waals surface area contributed by atoms with Gasteiger partial charge < -0.3 is 15.2 Å². The fourth-order valence-electron chi connectivity index (χ4n) is 1.68. The van der Waals surface area contributed by atoms with E-state index in [0.717, 1.165) is 17.9 Å². The molecule has 3 heteroatoms. The van der Waals surface area contributed by atoms with Gasteiger partial charge in [-0.1, -0.05) is 29.8 Å². The Kier molecular flexibility index (Phi) is 4.67. The third-order valence-corrected chi connectivity index (χ3v) is 2.75. The number of ether oxygens (including phenoxy) is 2. The lowest BCUT2D eigenvalue weighted by Crippen LogP contribution is -2.06. The van der Waals surface area contributed by atoms with Crippen molar-refractivity contribution in [2.24, 2.45) is 0 Å². The van der Waals surface area contributed by atoms with E-state index in [2.05, 4.69) is 6.92 Å². The summed E-state index contributed by atoms with van der Waals surface area (Å²) in [6.07, 6.45) is 0.822. The maximum Gasteiger partial charge on any atom is 0.142 e. The first-order valence-corrected chi connectivity index (χ1v) is 6.42. The van der Waals surface area contributed by atoms with Gasteiger partial charge in [0.25, 0.3) is 0 Å². The van der Waals surface area contributed by atoms with Crippen molar-refractivity contribution in [3.63, 3.8) is 0 Å². The van der Waals surface area contributed by atoms with E-state index in [-0.39, 0.29) is 0 Å². The molecule has 19 heavy (non-hydrogen) atoms. The average molecular weight is 257 g/mol. The number of aryl methyl sites for hydroxylation is 1. The summed E-state index contributed by atoms with van der Waals surface area (Å²) < 4.78 is 11.2. The van der Waals surface area contributed by atoms with Crippen molar-refractivity contribution < 1.29 is 9.47 Å². The van der Waals surface area contributed by atoms with Crippen LogP contribution in [-0.2, 0) is 0 Å². The third-order valence-electron chi connectivity index (χ3n) is 2.75. The zero-order valence-electron chi connectivity index (χ0n) is 11.1. The SMILES string of the molecule is Cc1ccc(OCCCOc2ccccc2N)cc1. The number of nitrogen functional groups attached to an aromatic ring is 1. The van der Waals surface area contributed by atoms with Crippen LogP contribution in [0.3, 0.4) is 0 Å². The standard InChI is InChI=1S/C16H19NO2/c1-13-7-9-14(10-8-13)18-11-4-12-19-16-6-3-2-5-15(16)17/h2-3,5-10H,4,11-12,17H2,1H3. The highest BCUT2D eigenvalue weighted by Crippen LogP contribution is 2.19. The van der Waals surface area contributed by atoms with E-state index in [9.17, 15) is 0 Å². The van der Waals surface area contributed by atoms with E-state index in [4.69, 9.17) is 15.2 Å². The molecular formula is C16H19NO2. The molecule has 0 aromatic heterocycles. The topological polar surface area (TPSA) is 44.5 Å². The van der Waals surface area contributed by atoms with Crippen LogP contribution in [0.15, 0.2) is 48.5 Å². The lowest BCUT2D eigenvalue weighted by Gasteiger charge is -2.09. The maximum absolute atomic E-state index is 5.78. The Morgan fingerprint density at radius 3 is 2.32 bits per heavy atom. The molecule has 2 rings (SSSR count). The van der Waals surface area contributed by atoms with E-state index < -0.39 is 0 Å². The molecule has 0 fully saturated rings. The van der Waals surface area contributed by atoms with E-state index in [0.29, 0.717) is 18.9 Å². The summed E-state index contributed by atoms with van der Waals surface area (Å²) >= 11 is 0. The van der Waals surface area contributed by atoms with Crippen molar-refractivity contribution in [3.8, 4) is 11.5 Å². The second kappa shape index (κ2) is 6.69. The van der Waals surface area contributed by atoms with Gasteiger partial charge in [0, 0.05) is 6.42 Å². The summed E-state index contributed by atoms with van der Waals surface area (Å²) in [7, 11) is 0. The molecule has 0 atom stereocenters. The van der Waals surface area contributed by atoms with Crippen molar-refractivity contribution in [3.05, 3.63) is 54.1 Å². The van der Waals surface area contributed by atoms with Gasteiger partial charge in [0.15, 0.2) is 0 Å². The van der Waals surface area contributed by atoms with Crippen LogP contribution in [0.5, 0.6) is 11.5 Å². The van der Waals surface area contributed by atoms with E-state index in [1.54, 1.807) is 0 Å². The fraction of sp³-hybridized carbons (Fsp3) is 0.250. The molecule has 0 aliphatic rings. The van der Waals surface area contributed by atoms with E-state index in [1.165, 1.54) is 5.56 Å². The predicted molar refractivity (Wildman–Crippen MR) is 77.6 cm³/mol. The smallest absolute Gasteiger partial charge is 0.142 e. The summed E-state index contributed by atoms with van der Waals surface area (Å²) in [6.45, 7) is 3.29. The second-order valence-electron chi connectivity index (χ2n) is 4.40. The number of nitrogens with two attached hydrogens (primary N) is 1. The normalized spacial score (nSPS) is 10.2. The fourth-order valence-corrected chi connectivity index (χ4v) is 1.68. The highest BCUT2D eigenvalue weighted by atomic mass is 16.5. The zero-order valence-corrected chi connectivity index (χ0v) is 11.1. The predicted octanol–water partition coefficient (Wildman–Crippen LogP) is 3.43. The molecule has 0 aliphatic heterocycles. The highest BCUT2D eigenvalue weighted by molar-refractivity contribution is 5.51. The molecule has 2 aromatic rings. The Morgan fingerprint density at radius 1 is 0.895 bits per heavy atom. The van der Waals surface area contributed by atoms with Gasteiger partial charge in [0.05, 0.1) is 18.9 Å².